The number of ether oxygens (including phenoxy) is 1. The molecule has 158 valence electrons. The number of methoxy groups -OCH3 is 1. The van der Waals surface area contributed by atoms with Crippen LogP contribution < -0.4 is 9.64 Å². The van der Waals surface area contributed by atoms with Crippen molar-refractivity contribution >= 4 is 33.9 Å². The third kappa shape index (κ3) is 3.55. The number of amides is 1. The fourth-order valence-electron chi connectivity index (χ4n) is 3.50. The summed E-state index contributed by atoms with van der Waals surface area (Å²) < 4.78 is 5.14. The van der Waals surface area contributed by atoms with Crippen molar-refractivity contribution in [3.8, 4) is 11.5 Å². The number of rotatable bonds is 4. The summed E-state index contributed by atoms with van der Waals surface area (Å²) in [7, 11) is 1.53. The molecule has 0 aliphatic carbocycles. The van der Waals surface area contributed by atoms with Gasteiger partial charge in [0.1, 0.15) is 17.3 Å². The Bertz CT molecular complexity index is 1190. The van der Waals surface area contributed by atoms with E-state index < -0.39 is 17.7 Å². The highest BCUT2D eigenvalue weighted by Gasteiger charge is 2.48. The quantitative estimate of drug-likeness (QED) is 0.363. The molecule has 0 radical (unpaired) electrons. The lowest BCUT2D eigenvalue weighted by atomic mass is 9.95. The number of thiazole rings is 1. The molecular weight excluding hydrogens is 416 g/mol. The Morgan fingerprint density at radius 2 is 1.84 bits per heavy atom. The van der Waals surface area contributed by atoms with E-state index in [1.165, 1.54) is 35.5 Å². The van der Waals surface area contributed by atoms with Gasteiger partial charge in [0.05, 0.1) is 24.4 Å². The second-order valence-corrected chi connectivity index (χ2v) is 8.31. The highest BCUT2D eigenvalue weighted by molar-refractivity contribution is 7.16. The molecule has 31 heavy (non-hydrogen) atoms. The topological polar surface area (TPSA) is 100.0 Å². The van der Waals surface area contributed by atoms with E-state index in [0.717, 1.165) is 10.6 Å². The van der Waals surface area contributed by atoms with Gasteiger partial charge < -0.3 is 14.9 Å². The molecule has 3 aromatic rings. The molecule has 1 aliphatic heterocycles. The Balaban J connectivity index is 1.93. The van der Waals surface area contributed by atoms with Crippen LogP contribution in [0.25, 0.3) is 5.76 Å². The molecule has 2 aromatic carbocycles. The number of aromatic hydroxyl groups is 1. The summed E-state index contributed by atoms with van der Waals surface area (Å²) in [6, 6.07) is 11.9. The van der Waals surface area contributed by atoms with Gasteiger partial charge in [0.25, 0.3) is 5.78 Å². The number of hydrogen-bond acceptors (Lipinski definition) is 7. The van der Waals surface area contributed by atoms with E-state index in [4.69, 9.17) is 4.74 Å². The van der Waals surface area contributed by atoms with E-state index >= 15 is 0 Å². The van der Waals surface area contributed by atoms with Crippen molar-refractivity contribution in [1.82, 2.24) is 4.98 Å². The van der Waals surface area contributed by atoms with Crippen molar-refractivity contribution in [2.24, 2.45) is 0 Å². The average molecular weight is 436 g/mol. The smallest absolute Gasteiger partial charge is 0.301 e. The molecule has 8 heteroatoms. The van der Waals surface area contributed by atoms with Gasteiger partial charge in [0.15, 0.2) is 5.13 Å². The maximum Gasteiger partial charge on any atom is 0.301 e. The largest absolute Gasteiger partial charge is 0.508 e. The fourth-order valence-corrected chi connectivity index (χ4v) is 4.44. The van der Waals surface area contributed by atoms with Gasteiger partial charge in [-0.1, -0.05) is 12.1 Å². The van der Waals surface area contributed by atoms with E-state index in [9.17, 15) is 19.8 Å². The van der Waals surface area contributed by atoms with Crippen molar-refractivity contribution in [3.63, 3.8) is 0 Å². The molecule has 2 N–H and O–H groups in total. The molecule has 1 atom stereocenters. The van der Waals surface area contributed by atoms with Crippen LogP contribution >= 0.6 is 11.3 Å². The van der Waals surface area contributed by atoms with Crippen LogP contribution in [0.5, 0.6) is 11.5 Å². The molecule has 0 saturated carbocycles. The van der Waals surface area contributed by atoms with Crippen LogP contribution in [0.2, 0.25) is 0 Å². The minimum absolute atomic E-state index is 0.0148. The normalized spacial score (nSPS) is 17.9. The highest BCUT2D eigenvalue weighted by atomic mass is 32.1. The van der Waals surface area contributed by atoms with Gasteiger partial charge in [-0.2, -0.15) is 0 Å². The number of aryl methyl sites for hydroxylation is 2. The molecule has 1 amide bonds. The first-order chi connectivity index (χ1) is 14.8. The lowest BCUT2D eigenvalue weighted by Gasteiger charge is -2.23. The van der Waals surface area contributed by atoms with E-state index in [1.54, 1.807) is 36.4 Å². The second-order valence-electron chi connectivity index (χ2n) is 7.13. The van der Waals surface area contributed by atoms with Gasteiger partial charge in [-0.15, -0.1) is 11.3 Å². The van der Waals surface area contributed by atoms with Gasteiger partial charge in [-0.25, -0.2) is 4.98 Å². The maximum atomic E-state index is 13.1. The van der Waals surface area contributed by atoms with E-state index in [2.05, 4.69) is 4.98 Å². The predicted octanol–water partition coefficient (Wildman–Crippen LogP) is 4.10. The van der Waals surface area contributed by atoms with Gasteiger partial charge in [-0.05, 0) is 55.8 Å². The summed E-state index contributed by atoms with van der Waals surface area (Å²) in [5, 5.41) is 21.4. The number of aromatic nitrogens is 1. The van der Waals surface area contributed by atoms with Gasteiger partial charge >= 0.3 is 5.91 Å². The Labute approximate surface area is 182 Å². The number of nitrogens with zero attached hydrogens (tertiary/aromatic N) is 2. The minimum atomic E-state index is -0.931. The molecule has 1 aromatic heterocycles. The summed E-state index contributed by atoms with van der Waals surface area (Å²) in [4.78, 5) is 32.8. The first kappa shape index (κ1) is 20.6. The van der Waals surface area contributed by atoms with Crippen LogP contribution in [0.15, 0.2) is 54.1 Å². The fraction of sp³-hybridized carbons (Fsp3) is 0.174. The monoisotopic (exact) mass is 436 g/mol. The zero-order valence-electron chi connectivity index (χ0n) is 17.1. The van der Waals surface area contributed by atoms with Gasteiger partial charge in [0, 0.05) is 10.4 Å². The number of phenolic OH excluding ortho intramolecular Hbond substituents is 1. The molecule has 1 aliphatic rings. The number of carbonyl (C=O) groups is 2. The third-order valence-corrected chi connectivity index (χ3v) is 6.29. The lowest BCUT2D eigenvalue weighted by molar-refractivity contribution is -0.132. The third-order valence-electron chi connectivity index (χ3n) is 5.22. The Kier molecular flexibility index (Phi) is 5.24. The van der Waals surface area contributed by atoms with Crippen LogP contribution in [0, 0.1) is 13.8 Å². The van der Waals surface area contributed by atoms with E-state index in [-0.39, 0.29) is 17.1 Å². The van der Waals surface area contributed by atoms with E-state index in [1.807, 2.05) is 13.8 Å². The summed E-state index contributed by atoms with van der Waals surface area (Å²) in [6.45, 7) is 3.71. The number of aliphatic hydroxyl groups is 1. The number of aliphatic hydroxyl groups excluding tert-OH is 1. The highest BCUT2D eigenvalue weighted by Crippen LogP contribution is 2.44. The number of benzene rings is 2. The zero-order chi connectivity index (χ0) is 22.3. The van der Waals surface area contributed by atoms with Crippen LogP contribution in [0.4, 0.5) is 5.13 Å². The van der Waals surface area contributed by atoms with Crippen molar-refractivity contribution in [2.45, 2.75) is 19.9 Å². The molecule has 1 fully saturated rings. The standard InChI is InChI=1S/C23H20N2O5S/c1-12-13(2)31-23(24-12)25-19(15-5-4-6-16(26)11-15)18(21(28)22(25)29)20(27)14-7-9-17(30-3)10-8-14/h4-11,19,26-27H,1-3H3/b20-18-. The molecule has 4 rings (SSSR count). The predicted molar refractivity (Wildman–Crippen MR) is 117 cm³/mol. The summed E-state index contributed by atoms with van der Waals surface area (Å²) in [6.07, 6.45) is 0. The van der Waals surface area contributed by atoms with Gasteiger partial charge in [0.2, 0.25) is 0 Å². The Hall–Kier alpha value is -3.65. The summed E-state index contributed by atoms with van der Waals surface area (Å²) in [5.74, 6) is -1.32. The Morgan fingerprint density at radius 3 is 2.42 bits per heavy atom. The number of Topliss-reactive ketones (excluding diaryl/α,β-unsaturated/α-hetero) is 1. The molecule has 1 unspecified atom stereocenters. The van der Waals surface area contributed by atoms with Crippen molar-refractivity contribution in [2.75, 3.05) is 12.0 Å². The van der Waals surface area contributed by atoms with Crippen molar-refractivity contribution in [1.29, 1.82) is 0 Å². The molecule has 7 nitrogen and oxygen atoms in total. The average Bonchev–Trinajstić information content (AvgIpc) is 3.23. The zero-order valence-corrected chi connectivity index (χ0v) is 17.9. The molecule has 2 heterocycles. The number of phenols is 1. The minimum Gasteiger partial charge on any atom is -0.508 e. The van der Waals surface area contributed by atoms with Crippen LogP contribution in [0.1, 0.15) is 27.7 Å². The number of ketones is 1. The number of hydrogen-bond donors (Lipinski definition) is 2. The summed E-state index contributed by atoms with van der Waals surface area (Å²) in [5.41, 5.74) is 1.55. The first-order valence-corrected chi connectivity index (χ1v) is 10.3. The van der Waals surface area contributed by atoms with Crippen LogP contribution in [-0.4, -0.2) is 34.0 Å². The van der Waals surface area contributed by atoms with E-state index in [0.29, 0.717) is 22.0 Å². The lowest BCUT2D eigenvalue weighted by Crippen LogP contribution is -2.29. The number of carbonyl (C=O) groups excluding carboxylic acids is 2. The first-order valence-electron chi connectivity index (χ1n) is 9.50. The van der Waals surface area contributed by atoms with Gasteiger partial charge in [-0.3, -0.25) is 14.5 Å². The van der Waals surface area contributed by atoms with Crippen molar-refractivity contribution < 1.29 is 24.5 Å². The molecule has 1 saturated heterocycles. The van der Waals surface area contributed by atoms with Crippen LogP contribution in [0.3, 0.4) is 0 Å². The molecular formula is C23H20N2O5S. The summed E-state index contributed by atoms with van der Waals surface area (Å²) >= 11 is 1.29. The maximum absolute atomic E-state index is 13.1. The van der Waals surface area contributed by atoms with Crippen LogP contribution in [-0.2, 0) is 9.59 Å². The SMILES string of the molecule is COc1ccc(/C(O)=C2/C(=O)C(=O)N(c3nc(C)c(C)s3)C2c2cccc(O)c2)cc1. The molecule has 0 bridgehead atoms. The van der Waals surface area contributed by atoms with Crippen molar-refractivity contribution in [3.05, 3.63) is 75.8 Å². The number of anilines is 1. The molecule has 0 spiro atoms. The Morgan fingerprint density at radius 1 is 1.13 bits per heavy atom. The second kappa shape index (κ2) is 7.88.